The lowest BCUT2D eigenvalue weighted by atomic mass is 9.96. The fourth-order valence-corrected chi connectivity index (χ4v) is 6.24. The third kappa shape index (κ3) is 3.30. The molecular formula is C28H32N4O2. The maximum atomic E-state index is 13.5. The van der Waals surface area contributed by atoms with Gasteiger partial charge in [-0.1, -0.05) is 43.2 Å². The van der Waals surface area contributed by atoms with E-state index in [1.54, 1.807) is 0 Å². The molecule has 0 aliphatic carbocycles. The number of rotatable bonds is 3. The Labute approximate surface area is 200 Å². The molecule has 3 aliphatic rings. The Kier molecular flexibility index (Phi) is 5.31. The third-order valence-electron chi connectivity index (χ3n) is 7.91. The molecule has 176 valence electrons. The average Bonchev–Trinajstić information content (AvgIpc) is 3.01. The molecule has 1 atom stereocenters. The van der Waals surface area contributed by atoms with Crippen molar-refractivity contribution in [3.63, 3.8) is 0 Å². The number of hydrogen-bond acceptors (Lipinski definition) is 3. The number of carbonyl (C=O) groups is 2. The maximum Gasteiger partial charge on any atom is 0.257 e. The van der Waals surface area contributed by atoms with Crippen molar-refractivity contribution < 1.29 is 9.59 Å². The van der Waals surface area contributed by atoms with Gasteiger partial charge < -0.3 is 19.3 Å². The van der Waals surface area contributed by atoms with Crippen LogP contribution in [0, 0.1) is 0 Å². The van der Waals surface area contributed by atoms with Crippen LogP contribution >= 0.6 is 0 Å². The molecule has 4 heterocycles. The Balaban J connectivity index is 1.40. The summed E-state index contributed by atoms with van der Waals surface area (Å²) >= 11 is 0. The molecule has 2 aromatic carbocycles. The zero-order valence-electron chi connectivity index (χ0n) is 19.9. The quantitative estimate of drug-likeness (QED) is 0.580. The number of carbonyl (C=O) groups excluding carboxylic acids is 2. The first-order valence-electron chi connectivity index (χ1n) is 12.7. The Bertz CT molecular complexity index is 1250. The van der Waals surface area contributed by atoms with E-state index < -0.39 is 0 Å². The third-order valence-corrected chi connectivity index (χ3v) is 7.91. The van der Waals surface area contributed by atoms with E-state index in [9.17, 15) is 9.59 Å². The van der Waals surface area contributed by atoms with Crippen LogP contribution in [0.5, 0.6) is 0 Å². The minimum absolute atomic E-state index is 0.0989. The predicted octanol–water partition coefficient (Wildman–Crippen LogP) is 4.58. The molecule has 6 nitrogen and oxygen atoms in total. The van der Waals surface area contributed by atoms with Gasteiger partial charge in [0.2, 0.25) is 5.91 Å². The second-order valence-electron chi connectivity index (χ2n) is 9.83. The van der Waals surface area contributed by atoms with Gasteiger partial charge in [0.1, 0.15) is 6.17 Å². The zero-order valence-corrected chi connectivity index (χ0v) is 19.9. The number of aryl methyl sites for hydroxylation is 1. The minimum Gasteiger partial charge on any atom is -0.349 e. The molecule has 1 saturated heterocycles. The van der Waals surface area contributed by atoms with Gasteiger partial charge in [-0.05, 0) is 43.0 Å². The molecule has 3 aliphatic heterocycles. The van der Waals surface area contributed by atoms with E-state index in [0.717, 1.165) is 49.1 Å². The molecular weight excluding hydrogens is 424 g/mol. The number of para-hydroxylation sites is 2. The van der Waals surface area contributed by atoms with Gasteiger partial charge >= 0.3 is 0 Å². The van der Waals surface area contributed by atoms with Gasteiger partial charge in [0.25, 0.3) is 5.91 Å². The molecule has 0 N–H and O–H groups in total. The molecule has 1 unspecified atom stereocenters. The molecule has 34 heavy (non-hydrogen) atoms. The summed E-state index contributed by atoms with van der Waals surface area (Å²) in [5.41, 5.74) is 5.39. The lowest BCUT2D eigenvalue weighted by molar-refractivity contribution is -0.131. The largest absolute Gasteiger partial charge is 0.349 e. The monoisotopic (exact) mass is 456 g/mol. The van der Waals surface area contributed by atoms with Gasteiger partial charge in [-0.25, -0.2) is 0 Å². The van der Waals surface area contributed by atoms with Crippen molar-refractivity contribution in [3.05, 3.63) is 65.4 Å². The summed E-state index contributed by atoms with van der Waals surface area (Å²) in [5, 5.41) is 1.25. The Morgan fingerprint density at radius 3 is 2.50 bits per heavy atom. The fraction of sp³-hybridized carbons (Fsp3) is 0.429. The fourth-order valence-electron chi connectivity index (χ4n) is 6.24. The molecule has 1 aromatic heterocycles. The summed E-state index contributed by atoms with van der Waals surface area (Å²) in [6.07, 6.45) is 5.82. The number of nitrogens with zero attached hydrogens (tertiary/aromatic N) is 4. The van der Waals surface area contributed by atoms with Crippen molar-refractivity contribution in [2.75, 3.05) is 31.6 Å². The van der Waals surface area contributed by atoms with Crippen LogP contribution in [0.4, 0.5) is 5.69 Å². The Hall–Kier alpha value is -3.28. The summed E-state index contributed by atoms with van der Waals surface area (Å²) in [5.74, 6) is 0.348. The number of amides is 2. The molecule has 1 fully saturated rings. The van der Waals surface area contributed by atoms with Crippen molar-refractivity contribution in [2.45, 2.75) is 51.2 Å². The standard InChI is InChI=1S/C28H32N4O2/c1-29-23-12-6-5-11-22(23)28(34)32-18-14-21-20-10-4-7-13-24(20)31(26(21)27(29)32)19-15-25(33)30-16-8-2-3-9-17-30/h4-7,10-13,27H,2-3,8-9,14-19H2,1H3. The second-order valence-corrected chi connectivity index (χ2v) is 9.83. The van der Waals surface area contributed by atoms with Crippen molar-refractivity contribution in [1.29, 1.82) is 0 Å². The lowest BCUT2D eigenvalue weighted by Gasteiger charge is -2.46. The highest BCUT2D eigenvalue weighted by molar-refractivity contribution is 6.02. The van der Waals surface area contributed by atoms with E-state index in [1.807, 2.05) is 29.2 Å². The van der Waals surface area contributed by atoms with Crippen LogP contribution < -0.4 is 4.90 Å². The van der Waals surface area contributed by atoms with Crippen LogP contribution in [-0.4, -0.2) is 52.9 Å². The number of fused-ring (bicyclic) bond motifs is 6. The molecule has 6 rings (SSSR count). The van der Waals surface area contributed by atoms with Crippen molar-refractivity contribution >= 4 is 28.4 Å². The second kappa shape index (κ2) is 8.49. The van der Waals surface area contributed by atoms with Crippen LogP contribution in [0.25, 0.3) is 10.9 Å². The number of benzene rings is 2. The SMILES string of the molecule is CN1c2ccccc2C(=O)N2CCc3c(n(CCC(=O)N4CCCCCC4)c4ccccc34)C21. The lowest BCUT2D eigenvalue weighted by Crippen LogP contribution is -2.51. The van der Waals surface area contributed by atoms with Crippen LogP contribution in [0.1, 0.15) is 59.9 Å². The van der Waals surface area contributed by atoms with E-state index in [-0.39, 0.29) is 18.0 Å². The highest BCUT2D eigenvalue weighted by Crippen LogP contribution is 2.44. The number of hydrogen-bond donors (Lipinski definition) is 0. The first-order valence-corrected chi connectivity index (χ1v) is 12.7. The molecule has 0 saturated carbocycles. The number of likely N-dealkylation sites (tertiary alicyclic amines) is 1. The van der Waals surface area contributed by atoms with Gasteiger partial charge in [-0.15, -0.1) is 0 Å². The van der Waals surface area contributed by atoms with Crippen LogP contribution in [0.2, 0.25) is 0 Å². The summed E-state index contributed by atoms with van der Waals surface area (Å²) in [4.78, 5) is 32.9. The zero-order chi connectivity index (χ0) is 23.2. The van der Waals surface area contributed by atoms with Gasteiger partial charge in [0, 0.05) is 50.6 Å². The van der Waals surface area contributed by atoms with Gasteiger partial charge in [0.05, 0.1) is 16.9 Å². The van der Waals surface area contributed by atoms with Crippen LogP contribution in [0.3, 0.4) is 0 Å². The first-order chi connectivity index (χ1) is 16.6. The van der Waals surface area contributed by atoms with E-state index in [2.05, 4.69) is 45.7 Å². The van der Waals surface area contributed by atoms with Crippen molar-refractivity contribution in [3.8, 4) is 0 Å². The topological polar surface area (TPSA) is 48.8 Å². The highest BCUT2D eigenvalue weighted by atomic mass is 16.2. The van der Waals surface area contributed by atoms with Gasteiger partial charge in [-0.3, -0.25) is 9.59 Å². The van der Waals surface area contributed by atoms with Gasteiger partial charge in [0.15, 0.2) is 0 Å². The summed E-state index contributed by atoms with van der Waals surface area (Å²) in [6.45, 7) is 3.11. The van der Waals surface area contributed by atoms with Crippen molar-refractivity contribution in [1.82, 2.24) is 14.4 Å². The predicted molar refractivity (Wildman–Crippen MR) is 134 cm³/mol. The summed E-state index contributed by atoms with van der Waals surface area (Å²) in [7, 11) is 2.09. The Morgan fingerprint density at radius 2 is 1.68 bits per heavy atom. The average molecular weight is 457 g/mol. The van der Waals surface area contributed by atoms with Crippen molar-refractivity contribution in [2.24, 2.45) is 0 Å². The van der Waals surface area contributed by atoms with E-state index in [4.69, 9.17) is 0 Å². The van der Waals surface area contributed by atoms with E-state index in [0.29, 0.717) is 19.5 Å². The van der Waals surface area contributed by atoms with E-state index in [1.165, 1.54) is 29.5 Å². The highest BCUT2D eigenvalue weighted by Gasteiger charge is 2.42. The molecule has 0 bridgehead atoms. The first kappa shape index (κ1) is 21.3. The van der Waals surface area contributed by atoms with Crippen LogP contribution in [-0.2, 0) is 17.8 Å². The normalized spacial score (nSPS) is 20.1. The molecule has 2 amide bonds. The van der Waals surface area contributed by atoms with E-state index >= 15 is 0 Å². The maximum absolute atomic E-state index is 13.5. The summed E-state index contributed by atoms with van der Waals surface area (Å²) in [6, 6.07) is 16.4. The number of aromatic nitrogens is 1. The summed E-state index contributed by atoms with van der Waals surface area (Å²) < 4.78 is 2.33. The Morgan fingerprint density at radius 1 is 0.941 bits per heavy atom. The number of anilines is 1. The minimum atomic E-state index is -0.160. The smallest absolute Gasteiger partial charge is 0.257 e. The van der Waals surface area contributed by atoms with Gasteiger partial charge in [-0.2, -0.15) is 0 Å². The molecule has 0 spiro atoms. The molecule has 3 aromatic rings. The molecule has 6 heteroatoms. The van der Waals surface area contributed by atoms with Crippen LogP contribution in [0.15, 0.2) is 48.5 Å². The molecule has 0 radical (unpaired) electrons.